The van der Waals surface area contributed by atoms with Gasteiger partial charge in [0.15, 0.2) is 0 Å². The highest BCUT2D eigenvalue weighted by molar-refractivity contribution is 6.00. The Kier molecular flexibility index (Phi) is 4.11. The topological polar surface area (TPSA) is 70.2 Å². The minimum Gasteiger partial charge on any atom is -0.353 e. The van der Waals surface area contributed by atoms with E-state index in [1.807, 2.05) is 24.4 Å². The first-order chi connectivity index (χ1) is 15.7. The maximum atomic E-state index is 13.4. The Morgan fingerprint density at radius 1 is 0.781 bits per heavy atom. The summed E-state index contributed by atoms with van der Waals surface area (Å²) in [5.74, 6) is -0.265. The Balaban J connectivity index is 1.51. The van der Waals surface area contributed by atoms with Crippen molar-refractivity contribution in [2.45, 2.75) is 6.92 Å². The highest BCUT2D eigenvalue weighted by atomic mass is 19.1. The molecule has 4 heterocycles. The molecular formula is C26H18FN5. The summed E-state index contributed by atoms with van der Waals surface area (Å²) >= 11 is 0. The summed E-state index contributed by atoms with van der Waals surface area (Å²) in [6.45, 7) is 2.08. The van der Waals surface area contributed by atoms with Gasteiger partial charge in [-0.05, 0) is 72.6 Å². The van der Waals surface area contributed by atoms with E-state index in [0.717, 1.165) is 55.6 Å². The van der Waals surface area contributed by atoms with E-state index in [1.165, 1.54) is 17.7 Å². The first-order valence-electron chi connectivity index (χ1n) is 10.3. The van der Waals surface area contributed by atoms with Crippen LogP contribution in [0.15, 0.2) is 79.3 Å². The van der Waals surface area contributed by atoms with Gasteiger partial charge in [-0.25, -0.2) is 4.39 Å². The van der Waals surface area contributed by atoms with Gasteiger partial charge in [-0.15, -0.1) is 0 Å². The Hall–Kier alpha value is -4.32. The van der Waals surface area contributed by atoms with Gasteiger partial charge in [-0.3, -0.25) is 15.1 Å². The van der Waals surface area contributed by atoms with Crippen LogP contribution in [0, 0.1) is 12.7 Å². The van der Waals surface area contributed by atoms with Crippen molar-refractivity contribution < 1.29 is 4.39 Å². The van der Waals surface area contributed by atoms with Crippen LogP contribution in [-0.2, 0) is 0 Å². The molecule has 0 fully saturated rings. The number of rotatable bonds is 3. The van der Waals surface area contributed by atoms with Crippen molar-refractivity contribution >= 4 is 21.8 Å². The Labute approximate surface area is 183 Å². The number of nitrogens with zero attached hydrogens (tertiary/aromatic N) is 3. The van der Waals surface area contributed by atoms with Gasteiger partial charge in [0.25, 0.3) is 0 Å². The summed E-state index contributed by atoms with van der Waals surface area (Å²) < 4.78 is 13.4. The van der Waals surface area contributed by atoms with Crippen LogP contribution in [0.3, 0.4) is 0 Å². The predicted molar refractivity (Wildman–Crippen MR) is 125 cm³/mol. The van der Waals surface area contributed by atoms with Gasteiger partial charge in [0.05, 0.1) is 16.9 Å². The number of fused-ring (bicyclic) bond motifs is 2. The molecule has 0 saturated heterocycles. The zero-order chi connectivity index (χ0) is 21.7. The molecule has 6 heteroatoms. The lowest BCUT2D eigenvalue weighted by Crippen LogP contribution is -1.85. The largest absolute Gasteiger partial charge is 0.353 e. The number of aromatic amines is 2. The molecule has 154 valence electrons. The van der Waals surface area contributed by atoms with Gasteiger partial charge in [0, 0.05) is 46.0 Å². The van der Waals surface area contributed by atoms with E-state index in [0.29, 0.717) is 0 Å². The number of halogens is 1. The number of H-pyrrole nitrogens is 2. The van der Waals surface area contributed by atoms with Crippen molar-refractivity contribution in [2.75, 3.05) is 0 Å². The summed E-state index contributed by atoms with van der Waals surface area (Å²) in [5, 5.41) is 9.71. The fourth-order valence-electron chi connectivity index (χ4n) is 4.17. The summed E-state index contributed by atoms with van der Waals surface area (Å²) in [7, 11) is 0. The molecule has 6 rings (SSSR count). The highest BCUT2D eigenvalue weighted by Crippen LogP contribution is 2.34. The lowest BCUT2D eigenvalue weighted by atomic mass is 10.0. The Morgan fingerprint density at radius 2 is 1.59 bits per heavy atom. The zero-order valence-electron chi connectivity index (χ0n) is 17.2. The van der Waals surface area contributed by atoms with Gasteiger partial charge in [0.1, 0.15) is 11.5 Å². The molecule has 4 aromatic heterocycles. The van der Waals surface area contributed by atoms with Gasteiger partial charge in [0.2, 0.25) is 0 Å². The second kappa shape index (κ2) is 7.13. The molecule has 6 aromatic rings. The van der Waals surface area contributed by atoms with Gasteiger partial charge in [-0.1, -0.05) is 6.07 Å². The Morgan fingerprint density at radius 3 is 2.44 bits per heavy atom. The first kappa shape index (κ1) is 18.4. The van der Waals surface area contributed by atoms with Crippen LogP contribution in [0.4, 0.5) is 4.39 Å². The molecule has 0 aliphatic carbocycles. The highest BCUT2D eigenvalue weighted by Gasteiger charge is 2.15. The third-order valence-electron chi connectivity index (χ3n) is 5.83. The number of benzene rings is 2. The lowest BCUT2D eigenvalue weighted by Gasteiger charge is -2.05. The molecule has 0 saturated carbocycles. The summed E-state index contributed by atoms with van der Waals surface area (Å²) in [6, 6.07) is 18.7. The molecule has 0 aliphatic rings. The number of pyridine rings is 2. The molecule has 0 radical (unpaired) electrons. The molecular weight excluding hydrogens is 401 g/mol. The smallest absolute Gasteiger partial charge is 0.123 e. The van der Waals surface area contributed by atoms with Crippen LogP contribution in [0.1, 0.15) is 5.56 Å². The quantitative estimate of drug-likeness (QED) is 0.354. The van der Waals surface area contributed by atoms with E-state index in [1.54, 1.807) is 24.5 Å². The molecule has 2 aromatic carbocycles. The number of nitrogens with one attached hydrogen (secondary N) is 2. The summed E-state index contributed by atoms with van der Waals surface area (Å²) in [5.41, 5.74) is 8.67. The van der Waals surface area contributed by atoms with Crippen LogP contribution in [0.5, 0.6) is 0 Å². The maximum absolute atomic E-state index is 13.4. The van der Waals surface area contributed by atoms with Crippen LogP contribution in [-0.4, -0.2) is 25.1 Å². The van der Waals surface area contributed by atoms with Crippen molar-refractivity contribution in [3.05, 3.63) is 90.6 Å². The summed E-state index contributed by atoms with van der Waals surface area (Å²) in [6.07, 6.45) is 5.45. The summed E-state index contributed by atoms with van der Waals surface area (Å²) in [4.78, 5) is 12.3. The fourth-order valence-corrected chi connectivity index (χ4v) is 4.17. The third kappa shape index (κ3) is 2.96. The molecule has 0 amide bonds. The van der Waals surface area contributed by atoms with E-state index >= 15 is 0 Å². The number of hydrogen-bond acceptors (Lipinski definition) is 3. The second-order valence-corrected chi connectivity index (χ2v) is 7.83. The van der Waals surface area contributed by atoms with E-state index in [4.69, 9.17) is 0 Å². The molecule has 0 bridgehead atoms. The number of aryl methyl sites for hydroxylation is 1. The van der Waals surface area contributed by atoms with E-state index in [2.05, 4.69) is 50.3 Å². The van der Waals surface area contributed by atoms with E-state index < -0.39 is 0 Å². The maximum Gasteiger partial charge on any atom is 0.123 e. The lowest BCUT2D eigenvalue weighted by molar-refractivity contribution is 0.628. The van der Waals surface area contributed by atoms with Crippen LogP contribution in [0.2, 0.25) is 0 Å². The normalized spacial score (nSPS) is 11.4. The fraction of sp³-hybridized carbons (Fsp3) is 0.0385. The average Bonchev–Trinajstić information content (AvgIpc) is 3.43. The Bertz CT molecular complexity index is 1590. The molecule has 0 aliphatic heterocycles. The SMILES string of the molecule is Cc1ccncc1-c1ccc2[nH]nc(-c3cc4c(-c5ccc(F)cc5)nccc4[nH]3)c2c1. The molecule has 32 heavy (non-hydrogen) atoms. The molecule has 0 spiro atoms. The minimum atomic E-state index is -0.265. The minimum absolute atomic E-state index is 0.265. The van der Waals surface area contributed by atoms with Gasteiger partial charge >= 0.3 is 0 Å². The third-order valence-corrected chi connectivity index (χ3v) is 5.83. The predicted octanol–water partition coefficient (Wildman–Crippen LogP) is 6.28. The van der Waals surface area contributed by atoms with Crippen molar-refractivity contribution in [1.82, 2.24) is 25.1 Å². The van der Waals surface area contributed by atoms with Crippen molar-refractivity contribution in [3.63, 3.8) is 0 Å². The van der Waals surface area contributed by atoms with Crippen LogP contribution in [0.25, 0.3) is 55.6 Å². The first-order valence-corrected chi connectivity index (χ1v) is 10.3. The van der Waals surface area contributed by atoms with E-state index in [9.17, 15) is 4.39 Å². The molecule has 5 nitrogen and oxygen atoms in total. The van der Waals surface area contributed by atoms with Gasteiger partial charge < -0.3 is 4.98 Å². The molecule has 0 unspecified atom stereocenters. The zero-order valence-corrected chi connectivity index (χ0v) is 17.2. The standard InChI is InChI=1S/C26H18FN5/c1-15-8-10-28-14-21(15)17-4-7-23-19(12-17)26(32-31-23)24-13-20-22(30-24)9-11-29-25(20)16-2-5-18(27)6-3-16/h2-14,30H,1H3,(H,31,32). The number of hydrogen-bond donors (Lipinski definition) is 2. The van der Waals surface area contributed by atoms with Crippen LogP contribution >= 0.6 is 0 Å². The van der Waals surface area contributed by atoms with Crippen molar-refractivity contribution in [3.8, 4) is 33.8 Å². The van der Waals surface area contributed by atoms with Gasteiger partial charge in [-0.2, -0.15) is 5.10 Å². The molecule has 0 atom stereocenters. The van der Waals surface area contributed by atoms with Crippen LogP contribution < -0.4 is 0 Å². The monoisotopic (exact) mass is 419 g/mol. The molecule has 2 N–H and O–H groups in total. The van der Waals surface area contributed by atoms with Crippen molar-refractivity contribution in [2.24, 2.45) is 0 Å². The van der Waals surface area contributed by atoms with Crippen molar-refractivity contribution in [1.29, 1.82) is 0 Å². The van der Waals surface area contributed by atoms with E-state index in [-0.39, 0.29) is 5.82 Å². The second-order valence-electron chi connectivity index (χ2n) is 7.83. The average molecular weight is 419 g/mol. The number of aromatic nitrogens is 5.